The Hall–Kier alpha value is -1.78. The van der Waals surface area contributed by atoms with Crippen LogP contribution in [0.15, 0.2) is 16.5 Å². The topological polar surface area (TPSA) is 70.8 Å². The zero-order valence-corrected chi connectivity index (χ0v) is 8.97. The molecule has 5 nitrogen and oxygen atoms in total. The van der Waals surface area contributed by atoms with Crippen LogP contribution in [0.1, 0.15) is 29.2 Å². The van der Waals surface area contributed by atoms with E-state index < -0.39 is 12.0 Å². The van der Waals surface area contributed by atoms with Crippen molar-refractivity contribution in [3.8, 4) is 0 Å². The van der Waals surface area contributed by atoms with E-state index in [1.54, 1.807) is 19.1 Å². The van der Waals surface area contributed by atoms with Gasteiger partial charge in [0.25, 0.3) is 5.91 Å². The van der Waals surface area contributed by atoms with E-state index in [0.29, 0.717) is 18.7 Å². The minimum absolute atomic E-state index is 0.214. The first-order valence-electron chi connectivity index (χ1n) is 5.20. The minimum atomic E-state index is -0.950. The van der Waals surface area contributed by atoms with E-state index in [2.05, 4.69) is 0 Å². The number of carboxylic acids is 1. The normalized spacial score (nSPS) is 20.1. The molecule has 1 aliphatic rings. The van der Waals surface area contributed by atoms with Crippen molar-refractivity contribution in [1.82, 2.24) is 4.90 Å². The van der Waals surface area contributed by atoms with Crippen LogP contribution in [0.25, 0.3) is 0 Å². The third-order valence-electron chi connectivity index (χ3n) is 2.75. The lowest BCUT2D eigenvalue weighted by molar-refractivity contribution is -0.141. The van der Waals surface area contributed by atoms with Crippen LogP contribution in [-0.4, -0.2) is 34.5 Å². The third kappa shape index (κ3) is 1.80. The van der Waals surface area contributed by atoms with E-state index in [-0.39, 0.29) is 11.7 Å². The Labute approximate surface area is 92.7 Å². The van der Waals surface area contributed by atoms with Crippen molar-refractivity contribution in [3.05, 3.63) is 23.7 Å². The van der Waals surface area contributed by atoms with Gasteiger partial charge in [0.2, 0.25) is 0 Å². The van der Waals surface area contributed by atoms with Gasteiger partial charge in [-0.15, -0.1) is 0 Å². The number of amides is 1. The molecule has 1 N–H and O–H groups in total. The van der Waals surface area contributed by atoms with E-state index in [0.717, 1.165) is 6.42 Å². The number of hydrogen-bond donors (Lipinski definition) is 1. The van der Waals surface area contributed by atoms with Gasteiger partial charge in [-0.3, -0.25) is 4.79 Å². The fraction of sp³-hybridized carbons (Fsp3) is 0.455. The number of nitrogens with zero attached hydrogens (tertiary/aromatic N) is 1. The molecule has 2 heterocycles. The first-order valence-corrected chi connectivity index (χ1v) is 5.20. The minimum Gasteiger partial charge on any atom is -0.480 e. The van der Waals surface area contributed by atoms with Crippen LogP contribution in [0.5, 0.6) is 0 Å². The van der Waals surface area contributed by atoms with Gasteiger partial charge in [-0.05, 0) is 31.9 Å². The quantitative estimate of drug-likeness (QED) is 0.819. The number of carbonyl (C=O) groups excluding carboxylic acids is 1. The molecule has 0 bridgehead atoms. The van der Waals surface area contributed by atoms with Crippen LogP contribution in [0.3, 0.4) is 0 Å². The van der Waals surface area contributed by atoms with Crippen molar-refractivity contribution in [2.75, 3.05) is 6.54 Å². The molecule has 1 saturated heterocycles. The molecule has 0 radical (unpaired) electrons. The van der Waals surface area contributed by atoms with Gasteiger partial charge < -0.3 is 14.4 Å². The summed E-state index contributed by atoms with van der Waals surface area (Å²) in [4.78, 5) is 24.2. The van der Waals surface area contributed by atoms with Gasteiger partial charge in [0.05, 0.1) is 0 Å². The number of carboxylic acid groups (broad SMARTS) is 1. The number of furan rings is 1. The molecule has 1 aromatic heterocycles. The van der Waals surface area contributed by atoms with Crippen molar-refractivity contribution in [1.29, 1.82) is 0 Å². The van der Waals surface area contributed by atoms with E-state index in [1.807, 2.05) is 0 Å². The Kier molecular flexibility index (Phi) is 2.68. The fourth-order valence-corrected chi connectivity index (χ4v) is 1.96. The summed E-state index contributed by atoms with van der Waals surface area (Å²) in [6.45, 7) is 2.23. The molecular weight excluding hydrogens is 210 g/mol. The van der Waals surface area contributed by atoms with Gasteiger partial charge in [0.1, 0.15) is 11.8 Å². The van der Waals surface area contributed by atoms with Gasteiger partial charge >= 0.3 is 5.97 Å². The van der Waals surface area contributed by atoms with Gasteiger partial charge in [0, 0.05) is 6.54 Å². The van der Waals surface area contributed by atoms with Crippen LogP contribution in [0.4, 0.5) is 0 Å². The number of likely N-dealkylation sites (tertiary alicyclic amines) is 1. The Morgan fingerprint density at radius 1 is 1.50 bits per heavy atom. The summed E-state index contributed by atoms with van der Waals surface area (Å²) in [6.07, 6.45) is 1.24. The second-order valence-electron chi connectivity index (χ2n) is 3.91. The van der Waals surface area contributed by atoms with Gasteiger partial charge in [-0.2, -0.15) is 0 Å². The summed E-state index contributed by atoms with van der Waals surface area (Å²) in [7, 11) is 0. The summed E-state index contributed by atoms with van der Waals surface area (Å²) in [5, 5.41) is 8.96. The van der Waals surface area contributed by atoms with E-state index in [9.17, 15) is 9.59 Å². The molecule has 0 aliphatic carbocycles. The Balaban J connectivity index is 2.18. The summed E-state index contributed by atoms with van der Waals surface area (Å²) in [6, 6.07) is 2.56. The summed E-state index contributed by atoms with van der Waals surface area (Å²) in [5.41, 5.74) is 0. The Bertz CT molecular complexity index is 423. The first-order chi connectivity index (χ1) is 7.59. The van der Waals surface area contributed by atoms with E-state index in [4.69, 9.17) is 9.52 Å². The molecule has 1 amide bonds. The van der Waals surface area contributed by atoms with Crippen molar-refractivity contribution in [2.45, 2.75) is 25.8 Å². The highest BCUT2D eigenvalue weighted by molar-refractivity contribution is 5.94. The maximum atomic E-state index is 11.9. The molecule has 0 aromatic carbocycles. The number of carbonyl (C=O) groups is 2. The molecule has 1 aliphatic heterocycles. The van der Waals surface area contributed by atoms with Gasteiger partial charge in [0.15, 0.2) is 5.76 Å². The lowest BCUT2D eigenvalue weighted by atomic mass is 10.2. The maximum absolute atomic E-state index is 11.9. The predicted molar refractivity (Wildman–Crippen MR) is 55.1 cm³/mol. The fourth-order valence-electron chi connectivity index (χ4n) is 1.96. The van der Waals surface area contributed by atoms with Gasteiger partial charge in [-0.1, -0.05) is 0 Å². The summed E-state index contributed by atoms with van der Waals surface area (Å²) in [5.74, 6) is -0.424. The highest BCUT2D eigenvalue weighted by Gasteiger charge is 2.35. The number of rotatable bonds is 2. The van der Waals surface area contributed by atoms with Crippen molar-refractivity contribution in [3.63, 3.8) is 0 Å². The van der Waals surface area contributed by atoms with Crippen LogP contribution < -0.4 is 0 Å². The molecule has 1 fully saturated rings. The number of hydrogen-bond acceptors (Lipinski definition) is 3. The standard InChI is InChI=1S/C11H13NO4/c1-7-4-5-9(16-7)10(13)12-6-2-3-8(12)11(14)15/h4-5,8H,2-3,6H2,1H3,(H,14,15)/t8-/m1/s1. The smallest absolute Gasteiger partial charge is 0.326 e. The Morgan fingerprint density at radius 2 is 2.25 bits per heavy atom. The maximum Gasteiger partial charge on any atom is 0.326 e. The Morgan fingerprint density at radius 3 is 2.81 bits per heavy atom. The summed E-state index contributed by atoms with van der Waals surface area (Å²) < 4.78 is 5.20. The second-order valence-corrected chi connectivity index (χ2v) is 3.91. The molecular formula is C11H13NO4. The van der Waals surface area contributed by atoms with Crippen LogP contribution in [-0.2, 0) is 4.79 Å². The van der Waals surface area contributed by atoms with Gasteiger partial charge in [-0.25, -0.2) is 4.79 Å². The molecule has 1 atom stereocenters. The molecule has 1 aromatic rings. The van der Waals surface area contributed by atoms with E-state index in [1.165, 1.54) is 4.90 Å². The second kappa shape index (κ2) is 4.00. The molecule has 16 heavy (non-hydrogen) atoms. The lowest BCUT2D eigenvalue weighted by Gasteiger charge is -2.19. The molecule has 0 saturated carbocycles. The first kappa shape index (κ1) is 10.7. The molecule has 0 spiro atoms. The van der Waals surface area contributed by atoms with Crippen molar-refractivity contribution in [2.24, 2.45) is 0 Å². The number of aryl methyl sites for hydroxylation is 1. The average Bonchev–Trinajstić information content (AvgIpc) is 2.84. The van der Waals surface area contributed by atoms with E-state index >= 15 is 0 Å². The molecule has 5 heteroatoms. The van der Waals surface area contributed by atoms with Crippen LogP contribution >= 0.6 is 0 Å². The zero-order chi connectivity index (χ0) is 11.7. The van der Waals surface area contributed by atoms with Crippen molar-refractivity contribution < 1.29 is 19.1 Å². The highest BCUT2D eigenvalue weighted by atomic mass is 16.4. The third-order valence-corrected chi connectivity index (χ3v) is 2.75. The zero-order valence-electron chi connectivity index (χ0n) is 8.97. The molecule has 0 unspecified atom stereocenters. The predicted octanol–water partition coefficient (Wildman–Crippen LogP) is 1.28. The summed E-state index contributed by atoms with van der Waals surface area (Å²) >= 11 is 0. The SMILES string of the molecule is Cc1ccc(C(=O)N2CCC[C@@H]2C(=O)O)o1. The van der Waals surface area contributed by atoms with Crippen LogP contribution in [0, 0.1) is 6.92 Å². The monoisotopic (exact) mass is 223 g/mol. The number of aliphatic carboxylic acids is 1. The highest BCUT2D eigenvalue weighted by Crippen LogP contribution is 2.21. The molecule has 2 rings (SSSR count). The van der Waals surface area contributed by atoms with Crippen LogP contribution in [0.2, 0.25) is 0 Å². The van der Waals surface area contributed by atoms with Crippen molar-refractivity contribution >= 4 is 11.9 Å². The largest absolute Gasteiger partial charge is 0.480 e. The lowest BCUT2D eigenvalue weighted by Crippen LogP contribution is -2.40. The average molecular weight is 223 g/mol. The molecule has 86 valence electrons.